The molecule has 0 heterocycles. The van der Waals surface area contributed by atoms with Crippen molar-refractivity contribution in [3.63, 3.8) is 0 Å². The van der Waals surface area contributed by atoms with Gasteiger partial charge in [0.05, 0.1) is 0 Å². The molecule has 0 aromatic carbocycles. The van der Waals surface area contributed by atoms with Gasteiger partial charge in [-0.05, 0) is 110 Å². The van der Waals surface area contributed by atoms with Crippen molar-refractivity contribution in [2.45, 2.75) is 177 Å². The Kier molecular flexibility index (Phi) is 11.6. The van der Waals surface area contributed by atoms with Crippen LogP contribution in [0.3, 0.4) is 0 Å². The summed E-state index contributed by atoms with van der Waals surface area (Å²) in [7, 11) is 0. The molecule has 0 spiro atoms. The summed E-state index contributed by atoms with van der Waals surface area (Å²) in [6.45, 7) is 17.7. The van der Waals surface area contributed by atoms with Crippen molar-refractivity contribution in [1.29, 1.82) is 0 Å². The van der Waals surface area contributed by atoms with E-state index >= 15 is 0 Å². The second-order valence-corrected chi connectivity index (χ2v) is 16.2. The van der Waals surface area contributed by atoms with Gasteiger partial charge in [0.1, 0.15) is 0 Å². The first-order valence-corrected chi connectivity index (χ1v) is 18.5. The lowest BCUT2D eigenvalue weighted by molar-refractivity contribution is -0.0529. The summed E-state index contributed by atoms with van der Waals surface area (Å²) in [6.07, 6.45) is 32.3. The third-order valence-electron chi connectivity index (χ3n) is 14.1. The fourth-order valence-corrected chi connectivity index (χ4v) is 11.1. The summed E-state index contributed by atoms with van der Waals surface area (Å²) in [5, 5.41) is 0. The Morgan fingerprint density at radius 3 is 2.28 bits per heavy atom. The molecule has 226 valence electrons. The Morgan fingerprint density at radius 1 is 0.769 bits per heavy atom. The molecule has 0 saturated heterocycles. The Bertz CT molecular complexity index is 758. The molecule has 9 atom stereocenters. The van der Waals surface area contributed by atoms with Crippen molar-refractivity contribution in [1.82, 2.24) is 0 Å². The van der Waals surface area contributed by atoms with Crippen molar-refractivity contribution in [2.75, 3.05) is 0 Å². The smallest absolute Gasteiger partial charge is 0.00851 e. The number of hydrogen-bond acceptors (Lipinski definition) is 0. The van der Waals surface area contributed by atoms with Crippen LogP contribution >= 0.6 is 0 Å². The molecule has 9 unspecified atom stereocenters. The second-order valence-electron chi connectivity index (χ2n) is 16.2. The fourth-order valence-electron chi connectivity index (χ4n) is 11.1. The van der Waals surface area contributed by atoms with E-state index in [0.717, 1.165) is 47.3 Å². The van der Waals surface area contributed by atoms with E-state index in [1.54, 1.807) is 0 Å². The van der Waals surface area contributed by atoms with Crippen LogP contribution in [0.4, 0.5) is 0 Å². The summed E-state index contributed by atoms with van der Waals surface area (Å²) in [5.74, 6) is 7.79. The molecule has 0 heteroatoms. The van der Waals surface area contributed by atoms with E-state index in [2.05, 4.69) is 54.5 Å². The van der Waals surface area contributed by atoms with E-state index in [0.29, 0.717) is 10.8 Å². The van der Waals surface area contributed by atoms with Crippen LogP contribution in [-0.4, -0.2) is 0 Å². The minimum atomic E-state index is 0.538. The van der Waals surface area contributed by atoms with Gasteiger partial charge in [-0.15, -0.1) is 0 Å². The molecular weight excluding hydrogens is 468 g/mol. The van der Waals surface area contributed by atoms with Gasteiger partial charge in [0.25, 0.3) is 0 Å². The molecular formula is C39H70. The van der Waals surface area contributed by atoms with Crippen molar-refractivity contribution >= 4 is 0 Å². The third-order valence-corrected chi connectivity index (χ3v) is 14.1. The molecule has 0 bridgehead atoms. The predicted molar refractivity (Wildman–Crippen MR) is 173 cm³/mol. The first-order chi connectivity index (χ1) is 18.8. The topological polar surface area (TPSA) is 0 Å². The Morgan fingerprint density at radius 2 is 1.54 bits per heavy atom. The summed E-state index contributed by atoms with van der Waals surface area (Å²) in [5.41, 5.74) is 3.09. The molecule has 4 rings (SSSR count). The highest BCUT2D eigenvalue weighted by Gasteiger charge is 2.59. The Labute approximate surface area is 246 Å². The van der Waals surface area contributed by atoms with Crippen LogP contribution < -0.4 is 0 Å². The number of fused-ring (bicyclic) bond motifs is 5. The highest BCUT2D eigenvalue weighted by molar-refractivity contribution is 5.25. The monoisotopic (exact) mass is 539 g/mol. The summed E-state index contributed by atoms with van der Waals surface area (Å²) in [4.78, 5) is 0. The maximum atomic E-state index is 2.83. The van der Waals surface area contributed by atoms with Gasteiger partial charge in [0, 0.05) is 0 Å². The van der Waals surface area contributed by atoms with Gasteiger partial charge in [0.15, 0.2) is 0 Å². The molecule has 0 radical (unpaired) electrons. The average Bonchev–Trinajstić information content (AvgIpc) is 3.30. The van der Waals surface area contributed by atoms with Gasteiger partial charge >= 0.3 is 0 Å². The molecule has 4 aliphatic rings. The van der Waals surface area contributed by atoms with E-state index in [4.69, 9.17) is 0 Å². The minimum Gasteiger partial charge on any atom is -0.0845 e. The molecule has 0 N–H and O–H groups in total. The number of unbranched alkanes of at least 4 members (excludes halogenated alkanes) is 3. The van der Waals surface area contributed by atoms with Gasteiger partial charge in [-0.25, -0.2) is 0 Å². The molecule has 0 aliphatic heterocycles. The van der Waals surface area contributed by atoms with E-state index in [1.807, 2.05) is 5.57 Å². The molecule has 4 aliphatic carbocycles. The highest BCUT2D eigenvalue weighted by Crippen LogP contribution is 2.67. The lowest BCUT2D eigenvalue weighted by atomic mass is 9.46. The van der Waals surface area contributed by atoms with Crippen molar-refractivity contribution in [2.24, 2.45) is 58.2 Å². The van der Waals surface area contributed by atoms with Crippen LogP contribution in [0.5, 0.6) is 0 Å². The van der Waals surface area contributed by atoms with Gasteiger partial charge in [-0.2, -0.15) is 0 Å². The quantitative estimate of drug-likeness (QED) is 0.144. The maximum Gasteiger partial charge on any atom is -0.00851 e. The maximum absolute atomic E-state index is 2.83. The van der Waals surface area contributed by atoms with E-state index in [-0.39, 0.29) is 0 Å². The van der Waals surface area contributed by atoms with E-state index in [1.165, 1.54) is 128 Å². The van der Waals surface area contributed by atoms with Crippen LogP contribution in [0.2, 0.25) is 0 Å². The standard InChI is InChI=1S/C39H70/c1-8-29(4)16-15-17-30(5)35-22-23-36-34-21-20-33-28-32(19-14-12-11-13-18-31(9-2)10-3)24-26-38(33,6)37(34)25-27-39(35,36)7/h20,29-32,34-37H,8-19,21-28H2,1-7H3. The van der Waals surface area contributed by atoms with E-state index in [9.17, 15) is 0 Å². The van der Waals surface area contributed by atoms with Gasteiger partial charge in [0.2, 0.25) is 0 Å². The molecule has 3 fully saturated rings. The highest BCUT2D eigenvalue weighted by atomic mass is 14.6. The van der Waals surface area contributed by atoms with Crippen molar-refractivity contribution < 1.29 is 0 Å². The summed E-state index contributed by atoms with van der Waals surface area (Å²) < 4.78 is 0. The van der Waals surface area contributed by atoms with Crippen LogP contribution in [-0.2, 0) is 0 Å². The van der Waals surface area contributed by atoms with Gasteiger partial charge in [-0.1, -0.05) is 137 Å². The van der Waals surface area contributed by atoms with E-state index < -0.39 is 0 Å². The van der Waals surface area contributed by atoms with Gasteiger partial charge in [-0.3, -0.25) is 0 Å². The van der Waals surface area contributed by atoms with Gasteiger partial charge < -0.3 is 0 Å². The number of allylic oxidation sites excluding steroid dienone is 2. The normalized spacial score (nSPS) is 37.6. The third kappa shape index (κ3) is 7.04. The zero-order valence-corrected chi connectivity index (χ0v) is 27.8. The minimum absolute atomic E-state index is 0.538. The summed E-state index contributed by atoms with van der Waals surface area (Å²) in [6, 6.07) is 0. The first-order valence-electron chi connectivity index (χ1n) is 18.5. The second kappa shape index (κ2) is 14.3. The molecule has 0 aromatic heterocycles. The zero-order valence-electron chi connectivity index (χ0n) is 27.8. The lowest BCUT2D eigenvalue weighted by Gasteiger charge is -2.58. The lowest BCUT2D eigenvalue weighted by Crippen LogP contribution is -2.50. The Balaban J connectivity index is 1.28. The fraction of sp³-hybridized carbons (Fsp3) is 0.949. The SMILES string of the molecule is CCC(C)CCCC(C)C1CCC2C3CC=C4CC(CCCCCCC(CC)CC)CCC4(C)C3CCC12C. The molecule has 0 aromatic rings. The molecule has 0 amide bonds. The summed E-state index contributed by atoms with van der Waals surface area (Å²) >= 11 is 0. The van der Waals surface area contributed by atoms with Crippen molar-refractivity contribution in [3.8, 4) is 0 Å². The molecule has 39 heavy (non-hydrogen) atoms. The van der Waals surface area contributed by atoms with Crippen LogP contribution in [0.15, 0.2) is 11.6 Å². The molecule has 3 saturated carbocycles. The number of hydrogen-bond donors (Lipinski definition) is 0. The zero-order chi connectivity index (χ0) is 28.0. The predicted octanol–water partition coefficient (Wildman–Crippen LogP) is 12.8. The van der Waals surface area contributed by atoms with Crippen LogP contribution in [0.25, 0.3) is 0 Å². The largest absolute Gasteiger partial charge is 0.0845 e. The Hall–Kier alpha value is -0.260. The number of rotatable bonds is 15. The van der Waals surface area contributed by atoms with Crippen LogP contribution in [0, 0.1) is 58.2 Å². The van der Waals surface area contributed by atoms with Crippen molar-refractivity contribution in [3.05, 3.63) is 11.6 Å². The first kappa shape index (κ1) is 31.7. The van der Waals surface area contributed by atoms with Crippen LogP contribution in [0.1, 0.15) is 177 Å². The average molecular weight is 539 g/mol. The molecule has 0 nitrogen and oxygen atoms in total.